The van der Waals surface area contributed by atoms with Crippen molar-refractivity contribution < 1.29 is 13.2 Å². The average Bonchev–Trinajstić information content (AvgIpc) is 3.08. The van der Waals surface area contributed by atoms with Crippen LogP contribution in [0.4, 0.5) is 11.4 Å². The number of anilines is 2. The molecule has 1 saturated heterocycles. The summed E-state index contributed by atoms with van der Waals surface area (Å²) < 4.78 is 25.2. The minimum Gasteiger partial charge on any atom is -0.322 e. The van der Waals surface area contributed by atoms with Gasteiger partial charge in [-0.1, -0.05) is 6.07 Å². The van der Waals surface area contributed by atoms with Gasteiger partial charge in [0, 0.05) is 17.6 Å². The van der Waals surface area contributed by atoms with E-state index < -0.39 is 10.0 Å². The first-order chi connectivity index (χ1) is 10.1. The van der Waals surface area contributed by atoms with Gasteiger partial charge in [0.25, 0.3) is 5.91 Å². The number of sulfonamides is 1. The summed E-state index contributed by atoms with van der Waals surface area (Å²) >= 11 is 1.45. The van der Waals surface area contributed by atoms with Crippen LogP contribution >= 0.6 is 11.3 Å². The molecule has 0 radical (unpaired) electrons. The van der Waals surface area contributed by atoms with Crippen molar-refractivity contribution >= 4 is 38.6 Å². The fraction of sp³-hybridized carbons (Fsp3) is 0.214. The second-order valence-electron chi connectivity index (χ2n) is 4.76. The fourth-order valence-corrected chi connectivity index (χ4v) is 4.46. The maximum atomic E-state index is 12.0. The molecule has 0 saturated carbocycles. The second kappa shape index (κ2) is 5.50. The number of rotatable bonds is 3. The van der Waals surface area contributed by atoms with Crippen LogP contribution in [0.1, 0.15) is 16.8 Å². The first-order valence-electron chi connectivity index (χ1n) is 6.50. The SMILES string of the molecule is O=C(Nc1cccc(N2CCCS2(=O)=O)c1)c1ccsc1. The van der Waals surface area contributed by atoms with E-state index in [-0.39, 0.29) is 11.7 Å². The van der Waals surface area contributed by atoms with E-state index in [1.807, 2.05) is 5.38 Å². The first kappa shape index (κ1) is 14.1. The Labute approximate surface area is 127 Å². The summed E-state index contributed by atoms with van der Waals surface area (Å²) in [6, 6.07) is 8.66. The topological polar surface area (TPSA) is 66.5 Å². The van der Waals surface area contributed by atoms with Crippen molar-refractivity contribution in [3.8, 4) is 0 Å². The molecule has 1 aliphatic heterocycles. The third-order valence-corrected chi connectivity index (χ3v) is 5.83. The van der Waals surface area contributed by atoms with Crippen molar-refractivity contribution in [3.05, 3.63) is 46.7 Å². The Morgan fingerprint density at radius 3 is 2.81 bits per heavy atom. The van der Waals surface area contributed by atoms with Crippen LogP contribution in [0.5, 0.6) is 0 Å². The molecule has 1 aliphatic rings. The number of nitrogens with one attached hydrogen (secondary N) is 1. The lowest BCUT2D eigenvalue weighted by Crippen LogP contribution is -2.25. The summed E-state index contributed by atoms with van der Waals surface area (Å²) in [6.07, 6.45) is 0.633. The summed E-state index contributed by atoms with van der Waals surface area (Å²) in [5, 5.41) is 6.39. The van der Waals surface area contributed by atoms with Gasteiger partial charge in [-0.2, -0.15) is 11.3 Å². The van der Waals surface area contributed by atoms with Gasteiger partial charge in [0.1, 0.15) is 0 Å². The molecule has 2 aromatic rings. The molecule has 0 bridgehead atoms. The van der Waals surface area contributed by atoms with E-state index in [4.69, 9.17) is 0 Å². The van der Waals surface area contributed by atoms with Crippen molar-refractivity contribution in [2.24, 2.45) is 0 Å². The summed E-state index contributed by atoms with van der Waals surface area (Å²) in [5.41, 5.74) is 1.78. The molecule has 1 amide bonds. The van der Waals surface area contributed by atoms with E-state index >= 15 is 0 Å². The highest BCUT2D eigenvalue weighted by Crippen LogP contribution is 2.26. The molecule has 2 heterocycles. The van der Waals surface area contributed by atoms with Crippen molar-refractivity contribution in [2.75, 3.05) is 21.9 Å². The molecule has 3 rings (SSSR count). The smallest absolute Gasteiger partial charge is 0.256 e. The first-order valence-corrected chi connectivity index (χ1v) is 9.05. The third kappa shape index (κ3) is 2.93. The van der Waals surface area contributed by atoms with Gasteiger partial charge < -0.3 is 5.32 Å². The molecule has 1 N–H and O–H groups in total. The quantitative estimate of drug-likeness (QED) is 0.944. The number of carbonyl (C=O) groups is 1. The van der Waals surface area contributed by atoms with Crippen molar-refractivity contribution in [1.82, 2.24) is 0 Å². The second-order valence-corrected chi connectivity index (χ2v) is 7.55. The monoisotopic (exact) mass is 322 g/mol. The van der Waals surface area contributed by atoms with Gasteiger partial charge in [-0.05, 0) is 36.1 Å². The van der Waals surface area contributed by atoms with Gasteiger partial charge in [0.05, 0.1) is 17.0 Å². The van der Waals surface area contributed by atoms with Crippen LogP contribution in [-0.2, 0) is 10.0 Å². The molecule has 0 aliphatic carbocycles. The van der Waals surface area contributed by atoms with E-state index in [0.717, 1.165) is 0 Å². The van der Waals surface area contributed by atoms with Crippen molar-refractivity contribution in [3.63, 3.8) is 0 Å². The maximum Gasteiger partial charge on any atom is 0.256 e. The Morgan fingerprint density at radius 2 is 2.14 bits per heavy atom. The van der Waals surface area contributed by atoms with Crippen LogP contribution in [0.2, 0.25) is 0 Å². The van der Waals surface area contributed by atoms with Gasteiger partial charge in [0.2, 0.25) is 10.0 Å². The Hall–Kier alpha value is -1.86. The van der Waals surface area contributed by atoms with E-state index in [2.05, 4.69) is 5.32 Å². The van der Waals surface area contributed by atoms with Gasteiger partial charge >= 0.3 is 0 Å². The van der Waals surface area contributed by atoms with Crippen LogP contribution in [0, 0.1) is 0 Å². The Balaban J connectivity index is 1.82. The van der Waals surface area contributed by atoms with Crippen LogP contribution in [0.25, 0.3) is 0 Å². The Kier molecular flexibility index (Phi) is 3.69. The summed E-state index contributed by atoms with van der Waals surface area (Å²) in [6.45, 7) is 0.490. The Morgan fingerprint density at radius 1 is 1.29 bits per heavy atom. The zero-order valence-electron chi connectivity index (χ0n) is 11.2. The lowest BCUT2D eigenvalue weighted by atomic mass is 10.2. The number of nitrogens with zero attached hydrogens (tertiary/aromatic N) is 1. The minimum absolute atomic E-state index is 0.179. The predicted molar refractivity (Wildman–Crippen MR) is 84.5 cm³/mol. The van der Waals surface area contributed by atoms with Crippen LogP contribution < -0.4 is 9.62 Å². The third-order valence-electron chi connectivity index (χ3n) is 3.27. The lowest BCUT2D eigenvalue weighted by molar-refractivity contribution is 0.102. The number of hydrogen-bond acceptors (Lipinski definition) is 4. The van der Waals surface area contributed by atoms with Crippen molar-refractivity contribution in [1.29, 1.82) is 0 Å². The molecule has 7 heteroatoms. The van der Waals surface area contributed by atoms with E-state index in [1.54, 1.807) is 35.7 Å². The summed E-state index contributed by atoms with van der Waals surface area (Å²) in [5.74, 6) is -0.0175. The van der Waals surface area contributed by atoms with E-state index in [0.29, 0.717) is 29.9 Å². The molecule has 0 atom stereocenters. The van der Waals surface area contributed by atoms with Crippen LogP contribution in [-0.4, -0.2) is 26.6 Å². The van der Waals surface area contributed by atoms with Crippen molar-refractivity contribution in [2.45, 2.75) is 6.42 Å². The molecule has 1 fully saturated rings. The molecule has 110 valence electrons. The molecule has 1 aromatic carbocycles. The molecule has 21 heavy (non-hydrogen) atoms. The summed E-state index contributed by atoms with van der Waals surface area (Å²) in [4.78, 5) is 12.0. The zero-order chi connectivity index (χ0) is 14.9. The molecule has 5 nitrogen and oxygen atoms in total. The molecule has 0 spiro atoms. The van der Waals surface area contributed by atoms with Gasteiger partial charge in [0.15, 0.2) is 0 Å². The van der Waals surface area contributed by atoms with Gasteiger partial charge in [-0.15, -0.1) is 0 Å². The van der Waals surface area contributed by atoms with Crippen LogP contribution in [0.15, 0.2) is 41.1 Å². The number of thiophene rings is 1. The standard InChI is InChI=1S/C14H14N2O3S2/c17-14(11-5-7-20-10-11)15-12-3-1-4-13(9-12)16-6-2-8-21(16,18)19/h1,3-5,7,9-10H,2,6,8H2,(H,15,17). The fourth-order valence-electron chi connectivity index (χ4n) is 2.27. The van der Waals surface area contributed by atoms with E-state index in [1.165, 1.54) is 15.6 Å². The number of benzene rings is 1. The number of carbonyl (C=O) groups excluding carboxylic acids is 1. The molecular formula is C14H14N2O3S2. The zero-order valence-corrected chi connectivity index (χ0v) is 12.8. The molecular weight excluding hydrogens is 308 g/mol. The number of amides is 1. The van der Waals surface area contributed by atoms with E-state index in [9.17, 15) is 13.2 Å². The average molecular weight is 322 g/mol. The molecule has 0 unspecified atom stereocenters. The Bertz CT molecular complexity index is 754. The largest absolute Gasteiger partial charge is 0.322 e. The highest BCUT2D eigenvalue weighted by Gasteiger charge is 2.28. The highest BCUT2D eigenvalue weighted by atomic mass is 32.2. The predicted octanol–water partition coefficient (Wildman–Crippen LogP) is 2.54. The van der Waals surface area contributed by atoms with Crippen LogP contribution in [0.3, 0.4) is 0 Å². The van der Waals surface area contributed by atoms with Gasteiger partial charge in [-0.3, -0.25) is 9.10 Å². The molecule has 1 aromatic heterocycles. The highest BCUT2D eigenvalue weighted by molar-refractivity contribution is 7.93. The maximum absolute atomic E-state index is 12.0. The summed E-state index contributed by atoms with van der Waals surface area (Å²) in [7, 11) is -3.21. The lowest BCUT2D eigenvalue weighted by Gasteiger charge is -2.17. The normalized spacial score (nSPS) is 16.9. The van der Waals surface area contributed by atoms with Gasteiger partial charge in [-0.25, -0.2) is 8.42 Å². The number of hydrogen-bond donors (Lipinski definition) is 1. The minimum atomic E-state index is -3.21.